The monoisotopic (exact) mass is 560 g/mol. The Labute approximate surface area is 223 Å². The Morgan fingerprint density at radius 1 is 0.688 bits per heavy atom. The van der Waals surface area contributed by atoms with Gasteiger partial charge < -0.3 is 24.8 Å². The van der Waals surface area contributed by atoms with Crippen molar-refractivity contribution in [3.63, 3.8) is 0 Å². The number of halogens is 2. The van der Waals surface area contributed by atoms with Gasteiger partial charge in [0.05, 0.1) is 0 Å². The van der Waals surface area contributed by atoms with Gasteiger partial charge in [0.25, 0.3) is 0 Å². The molecule has 4 aromatic carbocycles. The van der Waals surface area contributed by atoms with Crippen LogP contribution in [-0.4, -0.2) is 5.43 Å². The van der Waals surface area contributed by atoms with Crippen molar-refractivity contribution >= 4 is 27.0 Å². The van der Waals surface area contributed by atoms with E-state index in [-0.39, 0.29) is 30.2 Å². The van der Waals surface area contributed by atoms with E-state index in [1.54, 1.807) is 23.3 Å². The summed E-state index contributed by atoms with van der Waals surface area (Å²) in [6.07, 6.45) is 2.26. The molecule has 4 aromatic rings. The summed E-state index contributed by atoms with van der Waals surface area (Å²) < 4.78 is 0. The third kappa shape index (κ3) is 8.28. The van der Waals surface area contributed by atoms with Crippen LogP contribution in [0.4, 0.5) is 0 Å². The molecule has 4 heteroatoms. The van der Waals surface area contributed by atoms with Gasteiger partial charge in [-0.25, -0.2) is 0 Å². The van der Waals surface area contributed by atoms with Gasteiger partial charge >= 0.3 is 41.9 Å². The van der Waals surface area contributed by atoms with Crippen LogP contribution in [0, 0.1) is 27.7 Å². The normalized spacial score (nSPS) is 9.81. The van der Waals surface area contributed by atoms with Crippen molar-refractivity contribution in [3.8, 4) is 0 Å². The summed E-state index contributed by atoms with van der Waals surface area (Å²) in [6, 6.07) is 18.0. The van der Waals surface area contributed by atoms with Crippen LogP contribution in [0.25, 0.3) is 21.5 Å². The maximum absolute atomic E-state index is 2.31. The van der Waals surface area contributed by atoms with Crippen molar-refractivity contribution in [3.05, 3.63) is 81.9 Å². The predicted octanol–water partition coefficient (Wildman–Crippen LogP) is 2.27. The van der Waals surface area contributed by atoms with E-state index in [2.05, 4.69) is 103 Å². The van der Waals surface area contributed by atoms with Gasteiger partial charge in [0.1, 0.15) is 0 Å². The Bertz CT molecular complexity index is 1060. The molecule has 0 aliphatic carbocycles. The van der Waals surface area contributed by atoms with Gasteiger partial charge in [-0.15, -0.1) is 69.1 Å². The number of aryl methyl sites for hydroxylation is 6. The molecule has 0 fully saturated rings. The van der Waals surface area contributed by atoms with Crippen LogP contribution in [0.1, 0.15) is 47.2 Å². The molecule has 172 valence electrons. The zero-order chi connectivity index (χ0) is 22.4. The molecule has 0 spiro atoms. The number of benzene rings is 2. The Hall–Kier alpha value is -0.660. The summed E-state index contributed by atoms with van der Waals surface area (Å²) in [7, 11) is 0. The van der Waals surface area contributed by atoms with Crippen molar-refractivity contribution in [2.45, 2.75) is 67.5 Å². The number of rotatable bonds is 2. The molecular weight excluding hydrogens is 527 g/mol. The maximum atomic E-state index is 2.31. The van der Waals surface area contributed by atoms with E-state index in [4.69, 9.17) is 0 Å². The first-order valence-electron chi connectivity index (χ1n) is 11.0. The van der Waals surface area contributed by atoms with Crippen LogP contribution >= 0.6 is 0 Å². The van der Waals surface area contributed by atoms with Crippen LogP contribution in [0.15, 0.2) is 48.5 Å². The molecule has 4 rings (SSSR count). The van der Waals surface area contributed by atoms with Crippen LogP contribution in [0.5, 0.6) is 0 Å². The second-order valence-corrected chi connectivity index (χ2v) is 17.9. The summed E-state index contributed by atoms with van der Waals surface area (Å²) in [5.41, 5.74) is 8.80. The molecule has 0 atom stereocenters. The zero-order valence-corrected chi connectivity index (χ0v) is 25.8. The third-order valence-corrected chi connectivity index (χ3v) is 5.47. The summed E-state index contributed by atoms with van der Waals surface area (Å²) in [6.45, 7) is 17.8. The maximum Gasteiger partial charge on any atom is -1.00 e. The van der Waals surface area contributed by atoms with Gasteiger partial charge in [-0.1, -0.05) is 49.9 Å². The molecule has 0 aromatic heterocycles. The number of fused-ring (bicyclic) bond motifs is 2. The Balaban J connectivity index is 0.000000490. The molecule has 0 radical (unpaired) electrons. The summed E-state index contributed by atoms with van der Waals surface area (Å²) >= 11 is 1.74. The standard InChI is InChI=1S/2C13H15.C2H6Si.2ClH.Zr/c2*1-4-12-10(3)5-6-11-7-9(2)8-13(11)12;1-3-2;;;/h2*5-8H,4H2,1-3H3;1-2H3;2*1H;/q2*-1;;;;+2/p-2. The smallest absolute Gasteiger partial charge is 1.00 e. The van der Waals surface area contributed by atoms with Crippen molar-refractivity contribution in [2.24, 2.45) is 0 Å². The molecular formula is C28H36Cl2SiZr-2. The molecule has 0 nitrogen and oxygen atoms in total. The third-order valence-electron chi connectivity index (χ3n) is 5.47. The molecule has 0 saturated carbocycles. The first-order chi connectivity index (χ1) is 14.2. The van der Waals surface area contributed by atoms with Crippen molar-refractivity contribution in [1.82, 2.24) is 0 Å². The number of hydrogen-bond donors (Lipinski definition) is 0. The minimum atomic E-state index is 0. The van der Waals surface area contributed by atoms with Gasteiger partial charge in [-0.05, 0) is 26.7 Å². The van der Waals surface area contributed by atoms with Crippen molar-refractivity contribution in [1.29, 1.82) is 0 Å². The molecule has 0 amide bonds. The minimum Gasteiger partial charge on any atom is -1.00 e. The topological polar surface area (TPSA) is 0 Å². The van der Waals surface area contributed by atoms with Crippen LogP contribution in [-0.2, 0) is 36.2 Å². The van der Waals surface area contributed by atoms with Crippen LogP contribution in [0.2, 0.25) is 13.1 Å². The van der Waals surface area contributed by atoms with Gasteiger partial charge in [-0.2, -0.15) is 12.1 Å². The van der Waals surface area contributed by atoms with E-state index in [0.29, 0.717) is 0 Å². The molecule has 0 saturated heterocycles. The van der Waals surface area contributed by atoms with E-state index in [1.165, 1.54) is 54.9 Å². The number of hydrogen-bond acceptors (Lipinski definition) is 0. The molecule has 0 aliphatic rings. The van der Waals surface area contributed by atoms with E-state index in [0.717, 1.165) is 12.8 Å². The molecule has 0 unspecified atom stereocenters. The fraction of sp³-hybridized carbons (Fsp3) is 0.357. The molecule has 0 N–H and O–H groups in total. The minimum absolute atomic E-state index is 0. The van der Waals surface area contributed by atoms with Crippen molar-refractivity contribution in [2.75, 3.05) is 0 Å². The molecule has 0 aliphatic heterocycles. The van der Waals surface area contributed by atoms with E-state index < -0.39 is 0 Å². The Morgan fingerprint density at radius 3 is 1.28 bits per heavy atom. The van der Waals surface area contributed by atoms with Gasteiger partial charge in [0.2, 0.25) is 0 Å². The van der Waals surface area contributed by atoms with Gasteiger partial charge in [0, 0.05) is 0 Å². The fourth-order valence-corrected chi connectivity index (χ4v) is 4.14. The molecule has 0 heterocycles. The predicted molar refractivity (Wildman–Crippen MR) is 134 cm³/mol. The Kier molecular flexibility index (Phi) is 14.3. The van der Waals surface area contributed by atoms with E-state index in [9.17, 15) is 0 Å². The van der Waals surface area contributed by atoms with Crippen LogP contribution in [0.3, 0.4) is 0 Å². The quantitative estimate of drug-likeness (QED) is 0.260. The summed E-state index contributed by atoms with van der Waals surface area (Å²) in [4.78, 5) is 0. The zero-order valence-electron chi connectivity index (χ0n) is 20.8. The van der Waals surface area contributed by atoms with Gasteiger partial charge in [0.15, 0.2) is 0 Å². The summed E-state index contributed by atoms with van der Waals surface area (Å²) in [5.74, 6) is 0. The van der Waals surface area contributed by atoms with Crippen LogP contribution < -0.4 is 24.8 Å². The first kappa shape index (κ1) is 31.3. The molecule has 0 bridgehead atoms. The second-order valence-electron chi connectivity index (χ2n) is 8.50. The van der Waals surface area contributed by atoms with E-state index >= 15 is 0 Å². The molecule has 32 heavy (non-hydrogen) atoms. The SMILES string of the molecule is CCc1c(C)ccc2[cH-]c(C)cc12.CCc1c(C)ccc2[cH-]c(C)cc12.C[Si](C)=[Zr+2].[Cl-].[Cl-]. The van der Waals surface area contributed by atoms with Gasteiger partial charge in [-0.3, -0.25) is 0 Å². The van der Waals surface area contributed by atoms with E-state index in [1.807, 2.05) is 0 Å². The van der Waals surface area contributed by atoms with Crippen molar-refractivity contribution < 1.29 is 48.1 Å². The largest absolute Gasteiger partial charge is 1.00 e. The second kappa shape index (κ2) is 14.6. The first-order valence-corrected chi connectivity index (χ1v) is 17.2. The average molecular weight is 563 g/mol. The average Bonchev–Trinajstić information content (AvgIpc) is 3.23. The Morgan fingerprint density at radius 2 is 1.00 bits per heavy atom. The fourth-order valence-electron chi connectivity index (χ4n) is 4.14. The summed E-state index contributed by atoms with van der Waals surface area (Å²) in [5, 5.41) is 5.67.